The van der Waals surface area contributed by atoms with E-state index >= 15 is 0 Å². The molecule has 5 nitrogen and oxygen atoms in total. The molecular formula is C14H9ClFNO4S. The van der Waals surface area contributed by atoms with Crippen molar-refractivity contribution in [3.05, 3.63) is 57.0 Å². The fraction of sp³-hybridized carbons (Fsp3) is 0.0714. The molecule has 0 atom stereocenters. The number of carbonyl (C=O) groups excluding carboxylic acids is 3. The van der Waals surface area contributed by atoms with Gasteiger partial charge < -0.3 is 4.74 Å². The van der Waals surface area contributed by atoms with Gasteiger partial charge in [0, 0.05) is 0 Å². The van der Waals surface area contributed by atoms with Gasteiger partial charge in [-0.2, -0.15) is 0 Å². The number of thiophene rings is 1. The molecule has 0 aliphatic rings. The zero-order chi connectivity index (χ0) is 16.1. The number of halogens is 2. The van der Waals surface area contributed by atoms with Gasteiger partial charge in [-0.3, -0.25) is 14.9 Å². The minimum atomic E-state index is -1.08. The first-order valence-electron chi connectivity index (χ1n) is 5.98. The summed E-state index contributed by atoms with van der Waals surface area (Å²) in [7, 11) is 0. The number of hydrogen-bond donors (Lipinski definition) is 1. The van der Waals surface area contributed by atoms with Crippen molar-refractivity contribution in [3.63, 3.8) is 0 Å². The van der Waals surface area contributed by atoms with Gasteiger partial charge in [0.15, 0.2) is 6.61 Å². The molecular weight excluding hydrogens is 333 g/mol. The summed E-state index contributed by atoms with van der Waals surface area (Å²) in [6, 6.07) is 6.90. The molecule has 1 aromatic heterocycles. The van der Waals surface area contributed by atoms with Gasteiger partial charge in [0.2, 0.25) is 0 Å². The van der Waals surface area contributed by atoms with Crippen LogP contribution in [0.1, 0.15) is 20.0 Å². The number of ether oxygens (including phenoxy) is 1. The van der Waals surface area contributed by atoms with Crippen LogP contribution in [-0.2, 0) is 9.53 Å². The van der Waals surface area contributed by atoms with Crippen molar-refractivity contribution in [2.45, 2.75) is 0 Å². The fourth-order valence-electron chi connectivity index (χ4n) is 1.53. The molecule has 2 rings (SSSR count). The van der Waals surface area contributed by atoms with Crippen LogP contribution in [-0.4, -0.2) is 24.4 Å². The Bertz CT molecular complexity index is 697. The maximum Gasteiger partial charge on any atom is 0.343 e. The zero-order valence-electron chi connectivity index (χ0n) is 11.0. The second-order valence-electron chi connectivity index (χ2n) is 4.03. The lowest BCUT2D eigenvalue weighted by atomic mass is 10.2. The Balaban J connectivity index is 1.91. The van der Waals surface area contributed by atoms with Gasteiger partial charge >= 0.3 is 5.97 Å². The first kappa shape index (κ1) is 16.1. The number of hydrogen-bond acceptors (Lipinski definition) is 5. The van der Waals surface area contributed by atoms with Crippen molar-refractivity contribution >= 4 is 40.7 Å². The minimum Gasteiger partial charge on any atom is -0.452 e. The zero-order valence-corrected chi connectivity index (χ0v) is 12.5. The molecule has 0 aliphatic heterocycles. The van der Waals surface area contributed by atoms with Crippen molar-refractivity contribution < 1.29 is 23.5 Å². The number of benzene rings is 1. The quantitative estimate of drug-likeness (QED) is 0.868. The van der Waals surface area contributed by atoms with Crippen LogP contribution in [0.5, 0.6) is 0 Å². The predicted octanol–water partition coefficient (Wildman–Crippen LogP) is 2.65. The highest BCUT2D eigenvalue weighted by Gasteiger charge is 2.19. The fourth-order valence-corrected chi connectivity index (χ4v) is 2.39. The monoisotopic (exact) mass is 341 g/mol. The Morgan fingerprint density at radius 2 is 2.00 bits per heavy atom. The van der Waals surface area contributed by atoms with Gasteiger partial charge in [0.25, 0.3) is 11.8 Å². The lowest BCUT2D eigenvalue weighted by molar-refractivity contribution is -0.123. The second-order valence-corrected chi connectivity index (χ2v) is 5.38. The van der Waals surface area contributed by atoms with Crippen LogP contribution in [0.3, 0.4) is 0 Å². The summed E-state index contributed by atoms with van der Waals surface area (Å²) in [5.74, 6) is -3.35. The average Bonchev–Trinajstić information content (AvgIpc) is 2.99. The number of esters is 1. The molecule has 0 aliphatic carbocycles. The molecule has 0 fully saturated rings. The van der Waals surface area contributed by atoms with Gasteiger partial charge in [-0.05, 0) is 23.6 Å². The predicted molar refractivity (Wildman–Crippen MR) is 78.5 cm³/mol. The smallest absolute Gasteiger partial charge is 0.343 e. The number of nitrogens with one attached hydrogen (secondary N) is 1. The van der Waals surface area contributed by atoms with E-state index in [1.807, 2.05) is 5.32 Å². The highest BCUT2D eigenvalue weighted by molar-refractivity contribution is 7.12. The van der Waals surface area contributed by atoms with Crippen LogP contribution in [0.25, 0.3) is 0 Å². The summed E-state index contributed by atoms with van der Waals surface area (Å²) in [5.41, 5.74) is -0.457. The summed E-state index contributed by atoms with van der Waals surface area (Å²) < 4.78 is 18.1. The van der Waals surface area contributed by atoms with E-state index in [2.05, 4.69) is 4.74 Å². The molecule has 2 amide bonds. The molecule has 0 saturated heterocycles. The topological polar surface area (TPSA) is 72.5 Å². The first-order chi connectivity index (χ1) is 10.5. The van der Waals surface area contributed by atoms with Crippen LogP contribution in [0.15, 0.2) is 35.7 Å². The van der Waals surface area contributed by atoms with E-state index in [9.17, 15) is 18.8 Å². The average molecular weight is 342 g/mol. The molecule has 2 aromatic rings. The summed E-state index contributed by atoms with van der Waals surface area (Å²) in [4.78, 5) is 35.2. The van der Waals surface area contributed by atoms with Gasteiger partial charge in [-0.1, -0.05) is 23.7 Å². The Hall–Kier alpha value is -2.25. The van der Waals surface area contributed by atoms with E-state index in [1.54, 1.807) is 17.5 Å². The third kappa shape index (κ3) is 3.90. The molecule has 1 N–H and O–H groups in total. The van der Waals surface area contributed by atoms with Gasteiger partial charge in [0.05, 0.1) is 9.90 Å². The summed E-state index contributed by atoms with van der Waals surface area (Å²) in [6.45, 7) is -0.722. The molecule has 1 heterocycles. The maximum absolute atomic E-state index is 13.5. The maximum atomic E-state index is 13.5. The highest BCUT2D eigenvalue weighted by Crippen LogP contribution is 2.19. The Morgan fingerprint density at radius 3 is 2.64 bits per heavy atom. The molecule has 0 unspecified atom stereocenters. The standard InChI is InChI=1S/C14H9ClFNO4S/c15-8-3-1-4-9(16)12(8)14(20)21-7-11(18)17-13(19)10-5-2-6-22-10/h1-6H,7H2,(H,17,18,19). The van der Waals surface area contributed by atoms with Crippen LogP contribution in [0.4, 0.5) is 4.39 Å². The van der Waals surface area contributed by atoms with E-state index < -0.39 is 35.8 Å². The third-order valence-corrected chi connectivity index (χ3v) is 3.68. The van der Waals surface area contributed by atoms with Crippen molar-refractivity contribution in [2.75, 3.05) is 6.61 Å². The number of amides is 2. The normalized spacial score (nSPS) is 10.1. The minimum absolute atomic E-state index is 0.125. The van der Waals surface area contributed by atoms with Crippen molar-refractivity contribution in [1.29, 1.82) is 0 Å². The Morgan fingerprint density at radius 1 is 1.23 bits per heavy atom. The van der Waals surface area contributed by atoms with Crippen molar-refractivity contribution in [3.8, 4) is 0 Å². The number of carbonyl (C=O) groups is 3. The second kappa shape index (κ2) is 7.15. The molecule has 0 spiro atoms. The third-order valence-electron chi connectivity index (χ3n) is 2.50. The van der Waals surface area contributed by atoms with Crippen LogP contribution in [0, 0.1) is 5.82 Å². The van der Waals surface area contributed by atoms with Gasteiger partial charge in [-0.25, -0.2) is 9.18 Å². The van der Waals surface area contributed by atoms with Gasteiger partial charge in [0.1, 0.15) is 11.4 Å². The lowest BCUT2D eigenvalue weighted by Crippen LogP contribution is -2.33. The summed E-state index contributed by atoms with van der Waals surface area (Å²) in [5, 5.41) is 3.60. The largest absolute Gasteiger partial charge is 0.452 e. The summed E-state index contributed by atoms with van der Waals surface area (Å²) >= 11 is 6.86. The van der Waals surface area contributed by atoms with E-state index in [-0.39, 0.29) is 5.02 Å². The highest BCUT2D eigenvalue weighted by atomic mass is 35.5. The molecule has 114 valence electrons. The van der Waals surface area contributed by atoms with E-state index in [1.165, 1.54) is 12.1 Å². The van der Waals surface area contributed by atoms with E-state index in [0.717, 1.165) is 17.4 Å². The number of rotatable bonds is 4. The van der Waals surface area contributed by atoms with Crippen molar-refractivity contribution in [1.82, 2.24) is 5.32 Å². The van der Waals surface area contributed by atoms with E-state index in [0.29, 0.717) is 4.88 Å². The van der Waals surface area contributed by atoms with Crippen LogP contribution in [0.2, 0.25) is 5.02 Å². The molecule has 0 bridgehead atoms. The van der Waals surface area contributed by atoms with E-state index in [4.69, 9.17) is 11.6 Å². The lowest BCUT2D eigenvalue weighted by Gasteiger charge is -2.07. The van der Waals surface area contributed by atoms with Crippen LogP contribution < -0.4 is 5.32 Å². The van der Waals surface area contributed by atoms with Crippen molar-refractivity contribution in [2.24, 2.45) is 0 Å². The first-order valence-corrected chi connectivity index (χ1v) is 7.23. The SMILES string of the molecule is O=C(COC(=O)c1c(F)cccc1Cl)NC(=O)c1cccs1. The molecule has 0 saturated carbocycles. The molecule has 0 radical (unpaired) electrons. The van der Waals surface area contributed by atoms with Crippen LogP contribution >= 0.6 is 22.9 Å². The van der Waals surface area contributed by atoms with Gasteiger partial charge in [-0.15, -0.1) is 11.3 Å². The Labute approximate surface area is 133 Å². The molecule has 22 heavy (non-hydrogen) atoms. The number of imide groups is 1. The molecule has 8 heteroatoms. The molecule has 1 aromatic carbocycles. The Kier molecular flexibility index (Phi) is 5.24. The summed E-state index contributed by atoms with van der Waals surface area (Å²) in [6.07, 6.45) is 0.